The van der Waals surface area contributed by atoms with Crippen LogP contribution in [0.1, 0.15) is 37.2 Å². The fourth-order valence-corrected chi connectivity index (χ4v) is 2.90. The van der Waals surface area contributed by atoms with Gasteiger partial charge in [0.15, 0.2) is 5.82 Å². The molecular formula is C16H23N5OS. The van der Waals surface area contributed by atoms with Crippen LogP contribution in [0.15, 0.2) is 23.4 Å². The predicted octanol–water partition coefficient (Wildman–Crippen LogP) is 2.68. The van der Waals surface area contributed by atoms with E-state index >= 15 is 0 Å². The van der Waals surface area contributed by atoms with E-state index in [1.165, 1.54) is 16.4 Å². The largest absolute Gasteiger partial charge is 0.336 e. The molecule has 1 aromatic carbocycles. The van der Waals surface area contributed by atoms with Gasteiger partial charge >= 0.3 is 0 Å². The van der Waals surface area contributed by atoms with Gasteiger partial charge in [0.1, 0.15) is 0 Å². The molecule has 1 atom stereocenters. The third kappa shape index (κ3) is 4.04. The summed E-state index contributed by atoms with van der Waals surface area (Å²) in [6.45, 7) is 7.91. The van der Waals surface area contributed by atoms with Crippen LogP contribution in [0, 0.1) is 13.8 Å². The number of nitrogens with zero attached hydrogens (tertiary/aromatic N) is 3. The van der Waals surface area contributed by atoms with Gasteiger partial charge in [-0.05, 0) is 44.4 Å². The number of rotatable bonds is 6. The quantitative estimate of drug-likeness (QED) is 0.627. The molecule has 7 heteroatoms. The number of nitrogens with two attached hydrogens (primary N) is 1. The number of benzene rings is 1. The Hall–Kier alpha value is -2.02. The summed E-state index contributed by atoms with van der Waals surface area (Å²) in [5.41, 5.74) is 3.06. The molecule has 0 radical (unpaired) electrons. The first-order valence-corrected chi connectivity index (χ1v) is 8.55. The van der Waals surface area contributed by atoms with Crippen molar-refractivity contribution in [3.8, 4) is 0 Å². The summed E-state index contributed by atoms with van der Waals surface area (Å²) in [5.74, 6) is 6.63. The number of thioether (sulfide) groups is 1. The highest BCUT2D eigenvalue weighted by atomic mass is 32.2. The highest BCUT2D eigenvalue weighted by molar-refractivity contribution is 8.00. The topological polar surface area (TPSA) is 85.8 Å². The molecule has 0 saturated carbocycles. The second-order valence-corrected chi connectivity index (χ2v) is 6.82. The van der Waals surface area contributed by atoms with Crippen molar-refractivity contribution < 1.29 is 4.79 Å². The van der Waals surface area contributed by atoms with Gasteiger partial charge in [0.25, 0.3) is 0 Å². The predicted molar refractivity (Wildman–Crippen MR) is 94.0 cm³/mol. The van der Waals surface area contributed by atoms with Gasteiger partial charge in [-0.15, -0.1) is 10.2 Å². The summed E-state index contributed by atoms with van der Waals surface area (Å²) in [7, 11) is 0. The van der Waals surface area contributed by atoms with Crippen LogP contribution in [0.5, 0.6) is 0 Å². The molecule has 0 aliphatic carbocycles. The number of hydrogen-bond acceptors (Lipinski definition) is 5. The van der Waals surface area contributed by atoms with Crippen LogP contribution >= 0.6 is 11.8 Å². The third-order valence-electron chi connectivity index (χ3n) is 3.72. The number of carbonyl (C=O) groups is 1. The average molecular weight is 333 g/mol. The zero-order valence-corrected chi connectivity index (χ0v) is 14.8. The van der Waals surface area contributed by atoms with Crippen LogP contribution in [-0.2, 0) is 11.2 Å². The molecule has 6 nitrogen and oxygen atoms in total. The maximum absolute atomic E-state index is 12.4. The number of nitrogen functional groups attached to an aromatic ring is 1. The number of aromatic nitrogens is 3. The Labute approximate surface area is 140 Å². The Balaban J connectivity index is 2.04. The number of carbonyl (C=O) groups excluding carboxylic acids is 1. The third-order valence-corrected chi connectivity index (χ3v) is 4.78. The maximum Gasteiger partial charge on any atom is 0.237 e. The van der Waals surface area contributed by atoms with E-state index in [1.807, 2.05) is 39.0 Å². The Morgan fingerprint density at radius 3 is 2.83 bits per heavy atom. The molecule has 0 aliphatic heterocycles. The molecule has 3 N–H and O–H groups in total. The first-order chi connectivity index (χ1) is 10.9. The average Bonchev–Trinajstić information content (AvgIpc) is 2.85. The molecule has 1 heterocycles. The van der Waals surface area contributed by atoms with Crippen molar-refractivity contribution in [2.75, 3.05) is 11.2 Å². The van der Waals surface area contributed by atoms with Gasteiger partial charge in [-0.1, -0.05) is 30.8 Å². The molecule has 0 unspecified atom stereocenters. The van der Waals surface area contributed by atoms with E-state index in [0.717, 1.165) is 35.5 Å². The highest BCUT2D eigenvalue weighted by Crippen LogP contribution is 2.24. The zero-order valence-electron chi connectivity index (χ0n) is 14.0. The van der Waals surface area contributed by atoms with Crippen molar-refractivity contribution >= 4 is 23.4 Å². The monoisotopic (exact) mass is 333 g/mol. The van der Waals surface area contributed by atoms with E-state index in [9.17, 15) is 4.79 Å². The van der Waals surface area contributed by atoms with Crippen LogP contribution < -0.4 is 11.2 Å². The van der Waals surface area contributed by atoms with Crippen molar-refractivity contribution in [3.63, 3.8) is 0 Å². The molecular weight excluding hydrogens is 310 g/mol. The summed E-state index contributed by atoms with van der Waals surface area (Å²) in [4.78, 5) is 12.4. The minimum absolute atomic E-state index is 0.0799. The van der Waals surface area contributed by atoms with Crippen LogP contribution in [0.3, 0.4) is 0 Å². The fourth-order valence-electron chi connectivity index (χ4n) is 2.11. The Morgan fingerprint density at radius 2 is 2.13 bits per heavy atom. The highest BCUT2D eigenvalue weighted by Gasteiger charge is 2.19. The molecule has 0 spiro atoms. The van der Waals surface area contributed by atoms with Crippen molar-refractivity contribution in [2.45, 2.75) is 50.9 Å². The zero-order chi connectivity index (χ0) is 17.0. The van der Waals surface area contributed by atoms with Crippen LogP contribution in [0.4, 0.5) is 5.69 Å². The number of hydrogen-bond donors (Lipinski definition) is 2. The second-order valence-electron chi connectivity index (χ2n) is 5.52. The van der Waals surface area contributed by atoms with E-state index in [1.54, 1.807) is 0 Å². The van der Waals surface area contributed by atoms with Crippen molar-refractivity contribution in [2.24, 2.45) is 0 Å². The van der Waals surface area contributed by atoms with Crippen molar-refractivity contribution in [1.82, 2.24) is 14.9 Å². The molecule has 0 fully saturated rings. The number of anilines is 1. The molecule has 0 bridgehead atoms. The smallest absolute Gasteiger partial charge is 0.237 e. The summed E-state index contributed by atoms with van der Waals surface area (Å²) >= 11 is 1.31. The van der Waals surface area contributed by atoms with Gasteiger partial charge in [0, 0.05) is 12.1 Å². The first-order valence-electron chi connectivity index (χ1n) is 7.67. The molecule has 124 valence electrons. The normalized spacial score (nSPS) is 12.2. The van der Waals surface area contributed by atoms with Gasteiger partial charge in [-0.2, -0.15) is 0 Å². The lowest BCUT2D eigenvalue weighted by Gasteiger charge is -2.14. The number of amides is 1. The summed E-state index contributed by atoms with van der Waals surface area (Å²) in [6, 6.07) is 5.86. The minimum atomic E-state index is -0.323. The van der Waals surface area contributed by atoms with Gasteiger partial charge in [0.05, 0.1) is 5.25 Å². The van der Waals surface area contributed by atoms with Crippen LogP contribution in [-0.4, -0.2) is 26.0 Å². The Morgan fingerprint density at radius 1 is 1.39 bits per heavy atom. The van der Waals surface area contributed by atoms with E-state index in [4.69, 9.17) is 5.84 Å². The molecule has 1 amide bonds. The van der Waals surface area contributed by atoms with Crippen LogP contribution in [0.2, 0.25) is 0 Å². The van der Waals surface area contributed by atoms with Gasteiger partial charge < -0.3 is 11.2 Å². The fraction of sp³-hybridized carbons (Fsp3) is 0.438. The summed E-state index contributed by atoms with van der Waals surface area (Å²) in [6.07, 6.45) is 1.72. The molecule has 0 aliphatic rings. The van der Waals surface area contributed by atoms with Crippen molar-refractivity contribution in [3.05, 3.63) is 35.2 Å². The maximum atomic E-state index is 12.4. The van der Waals surface area contributed by atoms with E-state index in [0.29, 0.717) is 5.16 Å². The van der Waals surface area contributed by atoms with E-state index in [2.05, 4.69) is 22.4 Å². The van der Waals surface area contributed by atoms with Crippen LogP contribution in [0.25, 0.3) is 0 Å². The molecule has 2 rings (SSSR count). The Kier molecular flexibility index (Phi) is 5.65. The summed E-state index contributed by atoms with van der Waals surface area (Å²) < 4.78 is 1.47. The first kappa shape index (κ1) is 17.3. The molecule has 2 aromatic rings. The number of aryl methyl sites for hydroxylation is 2. The van der Waals surface area contributed by atoms with Gasteiger partial charge in [0.2, 0.25) is 11.1 Å². The van der Waals surface area contributed by atoms with Gasteiger partial charge in [-0.25, -0.2) is 4.68 Å². The van der Waals surface area contributed by atoms with E-state index < -0.39 is 0 Å². The Bertz CT molecular complexity index is 698. The number of nitrogens with one attached hydrogen (secondary N) is 1. The second kappa shape index (κ2) is 7.50. The van der Waals surface area contributed by atoms with E-state index in [-0.39, 0.29) is 11.2 Å². The minimum Gasteiger partial charge on any atom is -0.336 e. The van der Waals surface area contributed by atoms with Crippen molar-refractivity contribution in [1.29, 1.82) is 0 Å². The summed E-state index contributed by atoms with van der Waals surface area (Å²) in [5, 5.41) is 11.3. The SMILES string of the molecule is CCCc1nnc(S[C@@H](C)C(=O)Nc2cccc(C)c2C)n1N. The van der Waals surface area contributed by atoms with Gasteiger partial charge in [-0.3, -0.25) is 4.79 Å². The molecule has 23 heavy (non-hydrogen) atoms. The lowest BCUT2D eigenvalue weighted by molar-refractivity contribution is -0.115. The molecule has 1 aromatic heterocycles. The lowest BCUT2D eigenvalue weighted by Crippen LogP contribution is -2.24. The lowest BCUT2D eigenvalue weighted by atomic mass is 10.1. The molecule has 0 saturated heterocycles. The standard InChI is InChI=1S/C16H23N5OS/c1-5-7-14-19-20-16(21(14)17)23-12(4)15(22)18-13-9-6-8-10(2)11(13)3/h6,8-9,12H,5,7,17H2,1-4H3,(H,18,22)/t12-/m0/s1.